The molecule has 0 radical (unpaired) electrons. The number of nitriles is 1. The van der Waals surface area contributed by atoms with Crippen LogP contribution in [0.4, 0.5) is 4.39 Å². The Labute approximate surface area is 155 Å². The largest absolute Gasteiger partial charge is 0.364 e. The van der Waals surface area contributed by atoms with Crippen LogP contribution in [0.5, 0.6) is 0 Å². The van der Waals surface area contributed by atoms with Crippen molar-refractivity contribution in [2.24, 2.45) is 5.73 Å². The minimum absolute atomic E-state index is 0.172. The predicted octanol–water partition coefficient (Wildman–Crippen LogP) is 3.32. The molecule has 0 aliphatic carbocycles. The molecule has 1 atom stereocenters. The highest BCUT2D eigenvalue weighted by Gasteiger charge is 2.27. The van der Waals surface area contributed by atoms with E-state index in [1.807, 2.05) is 6.07 Å². The number of aromatic amines is 1. The molecule has 1 amide bonds. The zero-order valence-electron chi connectivity index (χ0n) is 13.7. The predicted molar refractivity (Wildman–Crippen MR) is 101 cm³/mol. The summed E-state index contributed by atoms with van der Waals surface area (Å²) in [7, 11) is -1.60. The highest BCUT2D eigenvalue weighted by atomic mass is 35.5. The maximum absolute atomic E-state index is 14.0. The number of carbonyl (C=O) groups is 1. The second kappa shape index (κ2) is 7.43. The molecule has 132 valence electrons. The molecular weight excluding hydrogens is 376 g/mol. The van der Waals surface area contributed by atoms with Gasteiger partial charge in [-0.2, -0.15) is 5.26 Å². The lowest BCUT2D eigenvalue weighted by Crippen LogP contribution is -2.24. The first kappa shape index (κ1) is 18.3. The molecule has 2 aromatic carbocycles. The van der Waals surface area contributed by atoms with Gasteiger partial charge in [-0.25, -0.2) is 4.39 Å². The Morgan fingerprint density at radius 2 is 2.15 bits per heavy atom. The molecule has 0 spiro atoms. The van der Waals surface area contributed by atoms with E-state index in [-0.39, 0.29) is 11.3 Å². The molecule has 1 unspecified atom stereocenters. The van der Waals surface area contributed by atoms with Crippen LogP contribution in [0, 0.1) is 17.1 Å². The smallest absolute Gasteiger partial charge is 0.265 e. The van der Waals surface area contributed by atoms with E-state index in [2.05, 4.69) is 4.98 Å². The Morgan fingerprint density at radius 1 is 1.38 bits per heavy atom. The third kappa shape index (κ3) is 3.42. The SMILES string of the molecule is CCOP(c1cc(F)cc(C#N)c1)c1c(C(N)=O)[nH]c2ccc(Cl)cc12. The second-order valence-electron chi connectivity index (χ2n) is 5.42. The number of hydrogen-bond acceptors (Lipinski definition) is 3. The molecule has 1 heterocycles. The minimum Gasteiger partial charge on any atom is -0.364 e. The van der Waals surface area contributed by atoms with Crippen molar-refractivity contribution in [1.29, 1.82) is 5.26 Å². The lowest BCUT2D eigenvalue weighted by molar-refractivity contribution is 0.0997. The number of rotatable bonds is 5. The molecule has 0 saturated heterocycles. The number of amides is 1. The van der Waals surface area contributed by atoms with Crippen molar-refractivity contribution < 1.29 is 13.7 Å². The van der Waals surface area contributed by atoms with E-state index in [4.69, 9.17) is 27.1 Å². The van der Waals surface area contributed by atoms with Crippen molar-refractivity contribution in [3.8, 4) is 6.07 Å². The summed E-state index contributed by atoms with van der Waals surface area (Å²) in [4.78, 5) is 15.0. The molecule has 8 heteroatoms. The molecule has 1 aromatic heterocycles. The second-order valence-corrected chi connectivity index (χ2v) is 7.67. The van der Waals surface area contributed by atoms with Crippen LogP contribution in [-0.4, -0.2) is 17.5 Å². The van der Waals surface area contributed by atoms with Crippen molar-refractivity contribution >= 4 is 47.2 Å². The third-order valence-electron chi connectivity index (χ3n) is 3.69. The zero-order chi connectivity index (χ0) is 18.8. The summed E-state index contributed by atoms with van der Waals surface area (Å²) in [5.41, 5.74) is 6.57. The summed E-state index contributed by atoms with van der Waals surface area (Å²) in [6.45, 7) is 2.13. The lowest BCUT2D eigenvalue weighted by Gasteiger charge is -2.18. The fourth-order valence-corrected chi connectivity index (χ4v) is 4.93. The lowest BCUT2D eigenvalue weighted by atomic mass is 10.2. The number of primary amides is 1. The molecule has 0 aliphatic rings. The number of benzene rings is 2. The average molecular weight is 390 g/mol. The van der Waals surface area contributed by atoms with Gasteiger partial charge in [0.1, 0.15) is 11.5 Å². The maximum Gasteiger partial charge on any atom is 0.265 e. The number of aromatic nitrogens is 1. The third-order valence-corrected chi connectivity index (χ3v) is 6.04. The van der Waals surface area contributed by atoms with Crippen molar-refractivity contribution in [1.82, 2.24) is 4.98 Å². The van der Waals surface area contributed by atoms with Gasteiger partial charge in [0.05, 0.1) is 19.8 Å². The Morgan fingerprint density at radius 3 is 2.81 bits per heavy atom. The normalized spacial score (nSPS) is 12.1. The number of carbonyl (C=O) groups excluding carboxylic acids is 1. The van der Waals surface area contributed by atoms with Crippen LogP contribution in [0.3, 0.4) is 0 Å². The van der Waals surface area contributed by atoms with Gasteiger partial charge in [-0.05, 0) is 43.3 Å². The first-order valence-electron chi connectivity index (χ1n) is 7.69. The highest BCUT2D eigenvalue weighted by molar-refractivity contribution is 7.69. The number of nitrogens with one attached hydrogen (secondary N) is 1. The van der Waals surface area contributed by atoms with Crippen LogP contribution in [0.2, 0.25) is 5.02 Å². The van der Waals surface area contributed by atoms with Gasteiger partial charge in [-0.15, -0.1) is 0 Å². The van der Waals surface area contributed by atoms with Crippen molar-refractivity contribution in [3.05, 3.63) is 58.5 Å². The van der Waals surface area contributed by atoms with Crippen LogP contribution in [-0.2, 0) is 4.52 Å². The fraction of sp³-hybridized carbons (Fsp3) is 0.111. The van der Waals surface area contributed by atoms with Gasteiger partial charge in [-0.1, -0.05) is 11.6 Å². The van der Waals surface area contributed by atoms with Gasteiger partial charge < -0.3 is 15.2 Å². The molecular formula is C18H14ClFN3O2P. The van der Waals surface area contributed by atoms with Crippen molar-refractivity contribution in [3.63, 3.8) is 0 Å². The van der Waals surface area contributed by atoms with E-state index in [1.54, 1.807) is 31.2 Å². The monoisotopic (exact) mass is 389 g/mol. The summed E-state index contributed by atoms with van der Waals surface area (Å²) >= 11 is 6.11. The molecule has 5 nitrogen and oxygen atoms in total. The van der Waals surface area contributed by atoms with Gasteiger partial charge in [-0.3, -0.25) is 4.79 Å². The molecule has 0 saturated carbocycles. The van der Waals surface area contributed by atoms with Crippen LogP contribution < -0.4 is 16.3 Å². The standard InChI is InChI=1S/C18H14ClFN3O2P/c1-2-25-26(13-6-10(9-21)5-12(20)8-13)17-14-7-11(19)3-4-15(14)23-16(17)18(22)24/h3-8,23H,2H2,1H3,(H2,22,24). The first-order valence-corrected chi connectivity index (χ1v) is 9.33. The van der Waals surface area contributed by atoms with E-state index in [1.165, 1.54) is 6.07 Å². The van der Waals surface area contributed by atoms with Gasteiger partial charge in [0.25, 0.3) is 5.91 Å². The van der Waals surface area contributed by atoms with Gasteiger partial charge in [0, 0.05) is 33.1 Å². The van der Waals surface area contributed by atoms with Crippen LogP contribution in [0.1, 0.15) is 23.0 Å². The topological polar surface area (TPSA) is 91.9 Å². The maximum atomic E-state index is 14.0. The highest BCUT2D eigenvalue weighted by Crippen LogP contribution is 2.40. The van der Waals surface area contributed by atoms with E-state index < -0.39 is 19.9 Å². The van der Waals surface area contributed by atoms with Crippen LogP contribution in [0.25, 0.3) is 10.9 Å². The Balaban J connectivity index is 2.31. The number of hydrogen-bond donors (Lipinski definition) is 2. The first-order chi connectivity index (χ1) is 12.4. The molecule has 26 heavy (non-hydrogen) atoms. The van der Waals surface area contributed by atoms with E-state index in [9.17, 15) is 9.18 Å². The number of nitrogens with two attached hydrogens (primary N) is 1. The molecule has 0 bridgehead atoms. The molecule has 3 rings (SSSR count). The van der Waals surface area contributed by atoms with Gasteiger partial charge in [0.15, 0.2) is 0 Å². The Hall–Kier alpha value is -2.45. The van der Waals surface area contributed by atoms with Crippen LogP contribution >= 0.6 is 19.7 Å². The summed E-state index contributed by atoms with van der Waals surface area (Å²) in [5.74, 6) is -1.21. The van der Waals surface area contributed by atoms with Gasteiger partial charge >= 0.3 is 0 Å². The van der Waals surface area contributed by atoms with E-state index in [0.717, 1.165) is 6.07 Å². The van der Waals surface area contributed by atoms with E-state index in [0.29, 0.717) is 33.1 Å². The minimum atomic E-state index is -1.60. The Bertz CT molecular complexity index is 1040. The molecule has 0 fully saturated rings. The summed E-state index contributed by atoms with van der Waals surface area (Å²) in [5, 5.41) is 11.3. The average Bonchev–Trinajstić information content (AvgIpc) is 2.97. The summed E-state index contributed by atoms with van der Waals surface area (Å²) in [6, 6.07) is 11.1. The molecule has 3 N–H and O–H groups in total. The molecule has 0 aliphatic heterocycles. The molecule has 3 aromatic rings. The quantitative estimate of drug-likeness (QED) is 0.656. The van der Waals surface area contributed by atoms with Crippen molar-refractivity contribution in [2.75, 3.05) is 6.61 Å². The van der Waals surface area contributed by atoms with Crippen LogP contribution in [0.15, 0.2) is 36.4 Å². The zero-order valence-corrected chi connectivity index (χ0v) is 15.4. The van der Waals surface area contributed by atoms with Crippen molar-refractivity contribution in [2.45, 2.75) is 6.92 Å². The number of halogens is 2. The number of fused-ring (bicyclic) bond motifs is 1. The summed E-state index contributed by atoms with van der Waals surface area (Å²) in [6.07, 6.45) is 0. The Kier molecular flexibility index (Phi) is 5.24. The van der Waals surface area contributed by atoms with E-state index >= 15 is 0 Å². The number of nitrogens with zero attached hydrogens (tertiary/aromatic N) is 1. The summed E-state index contributed by atoms with van der Waals surface area (Å²) < 4.78 is 19.9. The fourth-order valence-electron chi connectivity index (χ4n) is 2.69. The number of H-pyrrole nitrogens is 1. The van der Waals surface area contributed by atoms with Gasteiger partial charge in [0.2, 0.25) is 0 Å².